The van der Waals surface area contributed by atoms with Gasteiger partial charge < -0.3 is 5.32 Å². The second-order valence-corrected chi connectivity index (χ2v) is 5.20. The fourth-order valence-corrected chi connectivity index (χ4v) is 2.09. The van der Waals surface area contributed by atoms with E-state index in [0.29, 0.717) is 17.1 Å². The van der Waals surface area contributed by atoms with E-state index in [9.17, 15) is 4.79 Å². The SMILES string of the molecule is Cc1cccc(C(=O)Nc2ccc(N=Nc3ccccc3)cc2)n1. The van der Waals surface area contributed by atoms with E-state index in [0.717, 1.165) is 11.4 Å². The van der Waals surface area contributed by atoms with Crippen LogP contribution in [0.4, 0.5) is 17.1 Å². The van der Waals surface area contributed by atoms with Crippen LogP contribution in [0.15, 0.2) is 83.0 Å². The molecule has 1 aromatic heterocycles. The number of aryl methyl sites for hydroxylation is 1. The van der Waals surface area contributed by atoms with E-state index in [1.165, 1.54) is 0 Å². The number of benzene rings is 2. The first-order valence-corrected chi connectivity index (χ1v) is 7.52. The molecule has 0 unspecified atom stereocenters. The Hall–Kier alpha value is -3.34. The van der Waals surface area contributed by atoms with Gasteiger partial charge in [0.1, 0.15) is 5.69 Å². The van der Waals surface area contributed by atoms with E-state index in [1.807, 2.05) is 49.4 Å². The molecule has 118 valence electrons. The predicted molar refractivity (Wildman–Crippen MR) is 94.0 cm³/mol. The van der Waals surface area contributed by atoms with Crippen molar-refractivity contribution in [2.45, 2.75) is 6.92 Å². The third kappa shape index (κ3) is 4.10. The number of nitrogens with one attached hydrogen (secondary N) is 1. The van der Waals surface area contributed by atoms with Crippen molar-refractivity contribution in [3.05, 3.63) is 84.2 Å². The largest absolute Gasteiger partial charge is 0.321 e. The van der Waals surface area contributed by atoms with Crippen LogP contribution >= 0.6 is 0 Å². The fourth-order valence-electron chi connectivity index (χ4n) is 2.09. The summed E-state index contributed by atoms with van der Waals surface area (Å²) in [6.07, 6.45) is 0. The Balaban J connectivity index is 1.66. The molecule has 0 aliphatic heterocycles. The lowest BCUT2D eigenvalue weighted by atomic mass is 10.2. The first kappa shape index (κ1) is 15.6. The predicted octanol–water partition coefficient (Wildman–Crippen LogP) is 5.06. The molecule has 5 heteroatoms. The Morgan fingerprint density at radius 2 is 1.50 bits per heavy atom. The minimum Gasteiger partial charge on any atom is -0.321 e. The molecular formula is C19H16N4O. The average Bonchev–Trinajstić information content (AvgIpc) is 2.62. The molecule has 0 bridgehead atoms. The van der Waals surface area contributed by atoms with Crippen LogP contribution in [0.25, 0.3) is 0 Å². The fraction of sp³-hybridized carbons (Fsp3) is 0.0526. The Labute approximate surface area is 140 Å². The first-order chi connectivity index (χ1) is 11.7. The molecule has 1 N–H and O–H groups in total. The second kappa shape index (κ2) is 7.28. The number of nitrogens with zero attached hydrogens (tertiary/aromatic N) is 3. The quantitative estimate of drug-likeness (QED) is 0.684. The number of aromatic nitrogens is 1. The van der Waals surface area contributed by atoms with Crippen molar-refractivity contribution in [3.63, 3.8) is 0 Å². The van der Waals surface area contributed by atoms with Gasteiger partial charge in [-0.25, -0.2) is 4.98 Å². The van der Waals surface area contributed by atoms with E-state index in [-0.39, 0.29) is 5.91 Å². The summed E-state index contributed by atoms with van der Waals surface area (Å²) in [6, 6.07) is 22.0. The maximum absolute atomic E-state index is 12.1. The first-order valence-electron chi connectivity index (χ1n) is 7.52. The van der Waals surface area contributed by atoms with Gasteiger partial charge in [-0.2, -0.15) is 10.2 Å². The zero-order valence-electron chi connectivity index (χ0n) is 13.2. The third-order valence-electron chi connectivity index (χ3n) is 3.28. The van der Waals surface area contributed by atoms with Crippen LogP contribution in [-0.4, -0.2) is 10.9 Å². The van der Waals surface area contributed by atoms with Gasteiger partial charge in [-0.05, 0) is 55.5 Å². The van der Waals surface area contributed by atoms with E-state index in [2.05, 4.69) is 20.5 Å². The van der Waals surface area contributed by atoms with Gasteiger partial charge >= 0.3 is 0 Å². The summed E-state index contributed by atoms with van der Waals surface area (Å²) in [5.41, 5.74) is 3.38. The number of carbonyl (C=O) groups excluding carboxylic acids is 1. The maximum Gasteiger partial charge on any atom is 0.274 e. The van der Waals surface area contributed by atoms with Crippen molar-refractivity contribution in [1.82, 2.24) is 4.98 Å². The highest BCUT2D eigenvalue weighted by Gasteiger charge is 2.07. The molecule has 3 aromatic rings. The monoisotopic (exact) mass is 316 g/mol. The number of anilines is 1. The molecule has 5 nitrogen and oxygen atoms in total. The molecule has 3 rings (SSSR count). The van der Waals surface area contributed by atoms with Crippen molar-refractivity contribution in [2.75, 3.05) is 5.32 Å². The molecule has 1 amide bonds. The number of hydrogen-bond donors (Lipinski definition) is 1. The Morgan fingerprint density at radius 1 is 0.833 bits per heavy atom. The number of hydrogen-bond acceptors (Lipinski definition) is 4. The van der Waals surface area contributed by atoms with Gasteiger partial charge in [-0.1, -0.05) is 24.3 Å². The van der Waals surface area contributed by atoms with Crippen LogP contribution in [-0.2, 0) is 0 Å². The van der Waals surface area contributed by atoms with Crippen molar-refractivity contribution < 1.29 is 4.79 Å². The molecule has 0 aliphatic rings. The number of amides is 1. The molecular weight excluding hydrogens is 300 g/mol. The summed E-state index contributed by atoms with van der Waals surface area (Å²) in [6.45, 7) is 1.85. The summed E-state index contributed by atoms with van der Waals surface area (Å²) < 4.78 is 0. The maximum atomic E-state index is 12.1. The molecule has 0 radical (unpaired) electrons. The van der Waals surface area contributed by atoms with E-state index in [1.54, 1.807) is 30.3 Å². The Bertz CT molecular complexity index is 858. The van der Waals surface area contributed by atoms with Gasteiger partial charge in [-0.15, -0.1) is 0 Å². The van der Waals surface area contributed by atoms with Gasteiger partial charge in [-0.3, -0.25) is 4.79 Å². The van der Waals surface area contributed by atoms with Crippen LogP contribution in [0, 0.1) is 6.92 Å². The summed E-state index contributed by atoms with van der Waals surface area (Å²) in [4.78, 5) is 16.4. The van der Waals surface area contributed by atoms with Crippen LogP contribution in [0.3, 0.4) is 0 Å². The molecule has 0 fully saturated rings. The number of pyridine rings is 1. The lowest BCUT2D eigenvalue weighted by Gasteiger charge is -2.05. The van der Waals surface area contributed by atoms with E-state index < -0.39 is 0 Å². The number of rotatable bonds is 4. The highest BCUT2D eigenvalue weighted by molar-refractivity contribution is 6.02. The lowest BCUT2D eigenvalue weighted by molar-refractivity contribution is 0.102. The zero-order valence-corrected chi connectivity index (χ0v) is 13.2. The van der Waals surface area contributed by atoms with Gasteiger partial charge in [0.2, 0.25) is 0 Å². The Morgan fingerprint density at radius 3 is 2.17 bits per heavy atom. The highest BCUT2D eigenvalue weighted by atomic mass is 16.1. The minimum absolute atomic E-state index is 0.239. The molecule has 2 aromatic carbocycles. The van der Waals surface area contributed by atoms with Crippen molar-refractivity contribution in [2.24, 2.45) is 10.2 Å². The normalized spacial score (nSPS) is 10.7. The highest BCUT2D eigenvalue weighted by Crippen LogP contribution is 2.20. The van der Waals surface area contributed by atoms with Crippen molar-refractivity contribution >= 4 is 23.0 Å². The lowest BCUT2D eigenvalue weighted by Crippen LogP contribution is -2.13. The van der Waals surface area contributed by atoms with Crippen LogP contribution in [0.5, 0.6) is 0 Å². The second-order valence-electron chi connectivity index (χ2n) is 5.20. The summed E-state index contributed by atoms with van der Waals surface area (Å²) in [5, 5.41) is 11.1. The van der Waals surface area contributed by atoms with Crippen molar-refractivity contribution in [3.8, 4) is 0 Å². The van der Waals surface area contributed by atoms with Crippen molar-refractivity contribution in [1.29, 1.82) is 0 Å². The molecule has 0 aliphatic carbocycles. The van der Waals surface area contributed by atoms with Crippen LogP contribution in [0.1, 0.15) is 16.2 Å². The topological polar surface area (TPSA) is 66.7 Å². The summed E-state index contributed by atoms with van der Waals surface area (Å²) in [5.74, 6) is -0.239. The van der Waals surface area contributed by atoms with Gasteiger partial charge in [0.05, 0.1) is 11.4 Å². The van der Waals surface area contributed by atoms with E-state index in [4.69, 9.17) is 0 Å². The number of azo groups is 1. The van der Waals surface area contributed by atoms with Crippen LogP contribution in [0.2, 0.25) is 0 Å². The van der Waals surface area contributed by atoms with Gasteiger partial charge in [0.25, 0.3) is 5.91 Å². The third-order valence-corrected chi connectivity index (χ3v) is 3.28. The Kier molecular flexibility index (Phi) is 4.72. The molecule has 0 saturated carbocycles. The summed E-state index contributed by atoms with van der Waals surface area (Å²) >= 11 is 0. The standard InChI is InChI=1S/C19H16N4O/c1-14-6-5-9-18(20-14)19(24)21-15-10-12-17(13-11-15)23-22-16-7-3-2-4-8-16/h2-13H,1H3,(H,21,24). The molecule has 0 atom stereocenters. The average molecular weight is 316 g/mol. The summed E-state index contributed by atoms with van der Waals surface area (Å²) in [7, 11) is 0. The molecule has 0 saturated heterocycles. The number of carbonyl (C=O) groups is 1. The molecule has 1 heterocycles. The van der Waals surface area contributed by atoms with Crippen LogP contribution < -0.4 is 5.32 Å². The van der Waals surface area contributed by atoms with Gasteiger partial charge in [0.15, 0.2) is 0 Å². The molecule has 24 heavy (non-hydrogen) atoms. The molecule has 0 spiro atoms. The van der Waals surface area contributed by atoms with E-state index >= 15 is 0 Å². The minimum atomic E-state index is -0.239. The smallest absolute Gasteiger partial charge is 0.274 e. The zero-order chi connectivity index (χ0) is 16.8. The van der Waals surface area contributed by atoms with Gasteiger partial charge in [0, 0.05) is 11.4 Å².